The average Bonchev–Trinajstić information content (AvgIpc) is 2.27. The predicted molar refractivity (Wildman–Crippen MR) is 79.5 cm³/mol. The smallest absolute Gasteiger partial charge is 0.0546 e. The standard InChI is InChI=1S/C17H30O/c1-13-11-12-14(2)17(4,5)16(13)10-8-6-7-9-15(3)18/h6-7,11,14-16,18H,8-10,12H2,1-5H3/b7-6+. The van der Waals surface area contributed by atoms with Crippen molar-refractivity contribution in [2.75, 3.05) is 0 Å². The molecule has 0 radical (unpaired) electrons. The van der Waals surface area contributed by atoms with Gasteiger partial charge in [-0.15, -0.1) is 0 Å². The molecule has 1 aliphatic carbocycles. The van der Waals surface area contributed by atoms with Crippen LogP contribution < -0.4 is 0 Å². The first kappa shape index (κ1) is 15.5. The lowest BCUT2D eigenvalue weighted by atomic mass is 9.62. The fraction of sp³-hybridized carbons (Fsp3) is 0.765. The molecule has 0 aromatic heterocycles. The van der Waals surface area contributed by atoms with Crippen molar-refractivity contribution in [1.82, 2.24) is 0 Å². The van der Waals surface area contributed by atoms with Gasteiger partial charge in [0.1, 0.15) is 0 Å². The highest BCUT2D eigenvalue weighted by molar-refractivity contribution is 5.14. The molecule has 0 saturated carbocycles. The Morgan fingerprint density at radius 2 is 2.11 bits per heavy atom. The molecule has 0 aliphatic heterocycles. The maximum atomic E-state index is 9.20. The summed E-state index contributed by atoms with van der Waals surface area (Å²) in [7, 11) is 0. The third-order valence-electron chi connectivity index (χ3n) is 4.78. The molecular formula is C17H30O. The molecule has 0 aromatic rings. The maximum absolute atomic E-state index is 9.20. The van der Waals surface area contributed by atoms with Gasteiger partial charge in [0.2, 0.25) is 0 Å². The molecule has 3 atom stereocenters. The monoisotopic (exact) mass is 250 g/mol. The lowest BCUT2D eigenvalue weighted by Gasteiger charge is -2.43. The van der Waals surface area contributed by atoms with Crippen molar-refractivity contribution in [3.63, 3.8) is 0 Å². The molecule has 0 heterocycles. The molecule has 104 valence electrons. The first-order chi connectivity index (χ1) is 8.35. The van der Waals surface area contributed by atoms with Gasteiger partial charge < -0.3 is 5.11 Å². The molecule has 1 N–H and O–H groups in total. The summed E-state index contributed by atoms with van der Waals surface area (Å²) in [5.74, 6) is 1.48. The lowest BCUT2D eigenvalue weighted by molar-refractivity contribution is 0.131. The Morgan fingerprint density at radius 3 is 2.72 bits per heavy atom. The van der Waals surface area contributed by atoms with Gasteiger partial charge in [0, 0.05) is 0 Å². The van der Waals surface area contributed by atoms with Crippen molar-refractivity contribution in [3.8, 4) is 0 Å². The Bertz CT molecular complexity index is 310. The molecule has 0 aromatic carbocycles. The predicted octanol–water partition coefficient (Wildman–Crippen LogP) is 4.72. The zero-order chi connectivity index (χ0) is 13.8. The summed E-state index contributed by atoms with van der Waals surface area (Å²) >= 11 is 0. The van der Waals surface area contributed by atoms with E-state index >= 15 is 0 Å². The van der Waals surface area contributed by atoms with Crippen molar-refractivity contribution in [2.45, 2.75) is 66.4 Å². The van der Waals surface area contributed by atoms with E-state index in [1.165, 1.54) is 12.8 Å². The normalized spacial score (nSPS) is 29.3. The Balaban J connectivity index is 2.51. The summed E-state index contributed by atoms with van der Waals surface area (Å²) in [6.07, 6.45) is 10.9. The van der Waals surface area contributed by atoms with Gasteiger partial charge in [-0.25, -0.2) is 0 Å². The topological polar surface area (TPSA) is 20.2 Å². The van der Waals surface area contributed by atoms with E-state index in [-0.39, 0.29) is 6.10 Å². The van der Waals surface area contributed by atoms with Crippen LogP contribution in [0.15, 0.2) is 23.8 Å². The first-order valence-corrected chi connectivity index (χ1v) is 7.35. The van der Waals surface area contributed by atoms with Crippen LogP contribution in [0.2, 0.25) is 0 Å². The molecule has 1 rings (SSSR count). The number of aliphatic hydroxyl groups is 1. The van der Waals surface area contributed by atoms with E-state index in [1.54, 1.807) is 5.57 Å². The molecule has 1 heteroatoms. The number of allylic oxidation sites excluding steroid dienone is 3. The van der Waals surface area contributed by atoms with E-state index in [0.29, 0.717) is 11.3 Å². The second kappa shape index (κ2) is 6.56. The zero-order valence-electron chi connectivity index (χ0n) is 12.7. The molecular weight excluding hydrogens is 220 g/mol. The molecule has 18 heavy (non-hydrogen) atoms. The second-order valence-electron chi connectivity index (χ2n) is 6.59. The van der Waals surface area contributed by atoms with E-state index in [4.69, 9.17) is 0 Å². The van der Waals surface area contributed by atoms with Gasteiger partial charge in [-0.3, -0.25) is 0 Å². The second-order valence-corrected chi connectivity index (χ2v) is 6.59. The van der Waals surface area contributed by atoms with E-state index in [9.17, 15) is 5.11 Å². The van der Waals surface area contributed by atoms with Crippen LogP contribution in [0.4, 0.5) is 0 Å². The van der Waals surface area contributed by atoms with E-state index < -0.39 is 0 Å². The highest BCUT2D eigenvalue weighted by Crippen LogP contribution is 2.46. The van der Waals surface area contributed by atoms with Gasteiger partial charge in [0.05, 0.1) is 6.10 Å². The molecule has 0 amide bonds. The maximum Gasteiger partial charge on any atom is 0.0546 e. The van der Waals surface area contributed by atoms with E-state index in [1.807, 2.05) is 6.92 Å². The van der Waals surface area contributed by atoms with Crippen molar-refractivity contribution >= 4 is 0 Å². The SMILES string of the molecule is CC1=CCC(C)C(C)(C)C1CC/C=C/CC(C)O. The number of aliphatic hydroxyl groups excluding tert-OH is 1. The van der Waals surface area contributed by atoms with Gasteiger partial charge in [-0.2, -0.15) is 0 Å². The highest BCUT2D eigenvalue weighted by Gasteiger charge is 2.37. The summed E-state index contributed by atoms with van der Waals surface area (Å²) in [4.78, 5) is 0. The van der Waals surface area contributed by atoms with Gasteiger partial charge in [-0.05, 0) is 56.8 Å². The van der Waals surface area contributed by atoms with Crippen LogP contribution in [0.5, 0.6) is 0 Å². The van der Waals surface area contributed by atoms with Crippen molar-refractivity contribution in [1.29, 1.82) is 0 Å². The molecule has 3 unspecified atom stereocenters. The van der Waals surface area contributed by atoms with Crippen molar-refractivity contribution < 1.29 is 5.11 Å². The molecule has 0 bridgehead atoms. The van der Waals surface area contributed by atoms with Crippen LogP contribution in [0.25, 0.3) is 0 Å². The summed E-state index contributed by atoms with van der Waals surface area (Å²) in [5, 5.41) is 9.20. The molecule has 0 saturated heterocycles. The Kier molecular flexibility index (Phi) is 5.65. The van der Waals surface area contributed by atoms with Crippen LogP contribution in [0.3, 0.4) is 0 Å². The largest absolute Gasteiger partial charge is 0.393 e. The van der Waals surface area contributed by atoms with Crippen LogP contribution in [-0.4, -0.2) is 11.2 Å². The summed E-state index contributed by atoms with van der Waals surface area (Å²) in [6, 6.07) is 0. The van der Waals surface area contributed by atoms with E-state index in [0.717, 1.165) is 18.8 Å². The summed E-state index contributed by atoms with van der Waals surface area (Å²) in [6.45, 7) is 11.3. The Morgan fingerprint density at radius 1 is 1.44 bits per heavy atom. The fourth-order valence-corrected chi connectivity index (χ4v) is 3.01. The zero-order valence-corrected chi connectivity index (χ0v) is 12.7. The minimum atomic E-state index is -0.214. The molecule has 1 aliphatic rings. The Hall–Kier alpha value is -0.560. The molecule has 0 spiro atoms. The minimum absolute atomic E-state index is 0.214. The van der Waals surface area contributed by atoms with Crippen LogP contribution in [-0.2, 0) is 0 Å². The first-order valence-electron chi connectivity index (χ1n) is 7.35. The highest BCUT2D eigenvalue weighted by atomic mass is 16.3. The Labute approximate surface area is 113 Å². The molecule has 1 nitrogen and oxygen atoms in total. The molecule has 0 fully saturated rings. The minimum Gasteiger partial charge on any atom is -0.393 e. The van der Waals surface area contributed by atoms with Gasteiger partial charge >= 0.3 is 0 Å². The summed E-state index contributed by atoms with van der Waals surface area (Å²) in [5.41, 5.74) is 1.98. The summed E-state index contributed by atoms with van der Waals surface area (Å²) < 4.78 is 0. The third-order valence-corrected chi connectivity index (χ3v) is 4.78. The van der Waals surface area contributed by atoms with E-state index in [2.05, 4.69) is 45.9 Å². The van der Waals surface area contributed by atoms with Gasteiger partial charge in [0.25, 0.3) is 0 Å². The van der Waals surface area contributed by atoms with Crippen LogP contribution >= 0.6 is 0 Å². The fourth-order valence-electron chi connectivity index (χ4n) is 3.01. The quantitative estimate of drug-likeness (QED) is 0.700. The number of rotatable bonds is 5. The van der Waals surface area contributed by atoms with Crippen molar-refractivity contribution in [2.24, 2.45) is 17.3 Å². The third kappa shape index (κ3) is 3.98. The van der Waals surface area contributed by atoms with Crippen LogP contribution in [0, 0.1) is 17.3 Å². The van der Waals surface area contributed by atoms with Gasteiger partial charge in [0.15, 0.2) is 0 Å². The van der Waals surface area contributed by atoms with Gasteiger partial charge in [-0.1, -0.05) is 44.6 Å². The van der Waals surface area contributed by atoms with Crippen LogP contribution in [0.1, 0.15) is 60.3 Å². The average molecular weight is 250 g/mol. The lowest BCUT2D eigenvalue weighted by Crippen LogP contribution is -2.34. The van der Waals surface area contributed by atoms with Crippen molar-refractivity contribution in [3.05, 3.63) is 23.8 Å². The number of hydrogen-bond acceptors (Lipinski definition) is 1. The number of hydrogen-bond donors (Lipinski definition) is 1.